The molecule has 0 saturated heterocycles. The Morgan fingerprint density at radius 2 is 1.84 bits per heavy atom. The van der Waals surface area contributed by atoms with Gasteiger partial charge in [-0.2, -0.15) is 0 Å². The predicted molar refractivity (Wildman–Crippen MR) is 74.9 cm³/mol. The summed E-state index contributed by atoms with van der Waals surface area (Å²) < 4.78 is 10.6. The van der Waals surface area contributed by atoms with Crippen LogP contribution in [-0.2, 0) is 6.54 Å². The summed E-state index contributed by atoms with van der Waals surface area (Å²) in [5.74, 6) is 1.62. The molecule has 0 unspecified atom stereocenters. The van der Waals surface area contributed by atoms with Crippen LogP contribution in [0.3, 0.4) is 0 Å². The maximum absolute atomic E-state index is 5.36. The van der Waals surface area contributed by atoms with Crippen LogP contribution in [0.15, 0.2) is 55.1 Å². The number of hydrogen-bond donors (Lipinski definition) is 1. The molecule has 0 fully saturated rings. The monoisotopic (exact) mass is 253 g/mol. The Morgan fingerprint density at radius 1 is 1.05 bits per heavy atom. The van der Waals surface area contributed by atoms with Crippen molar-refractivity contribution >= 4 is 5.70 Å². The third-order valence-corrected chi connectivity index (χ3v) is 3.07. The van der Waals surface area contributed by atoms with Crippen molar-refractivity contribution in [1.82, 2.24) is 5.32 Å². The summed E-state index contributed by atoms with van der Waals surface area (Å²) in [6, 6.07) is 16.0. The smallest absolute Gasteiger partial charge is 0.231 e. The molecule has 0 radical (unpaired) electrons. The van der Waals surface area contributed by atoms with E-state index in [-0.39, 0.29) is 0 Å². The van der Waals surface area contributed by atoms with Gasteiger partial charge in [0.25, 0.3) is 0 Å². The maximum Gasteiger partial charge on any atom is 0.231 e. The van der Waals surface area contributed by atoms with Crippen molar-refractivity contribution in [2.24, 2.45) is 0 Å². The van der Waals surface area contributed by atoms with E-state index in [1.807, 2.05) is 48.5 Å². The van der Waals surface area contributed by atoms with E-state index in [2.05, 4.69) is 11.9 Å². The van der Waals surface area contributed by atoms with Gasteiger partial charge in [-0.3, -0.25) is 0 Å². The van der Waals surface area contributed by atoms with Crippen LogP contribution >= 0.6 is 0 Å². The van der Waals surface area contributed by atoms with E-state index >= 15 is 0 Å². The van der Waals surface area contributed by atoms with Crippen molar-refractivity contribution in [1.29, 1.82) is 0 Å². The molecule has 1 aliphatic heterocycles. The van der Waals surface area contributed by atoms with Gasteiger partial charge in [-0.05, 0) is 23.3 Å². The lowest BCUT2D eigenvalue weighted by Gasteiger charge is -2.10. The second-order valence-corrected chi connectivity index (χ2v) is 4.39. The fourth-order valence-corrected chi connectivity index (χ4v) is 2.00. The number of fused-ring (bicyclic) bond motifs is 1. The molecule has 2 aromatic rings. The normalized spacial score (nSPS) is 12.2. The summed E-state index contributed by atoms with van der Waals surface area (Å²) in [6.07, 6.45) is 0. The first kappa shape index (κ1) is 11.7. The fraction of sp³-hybridized carbons (Fsp3) is 0.125. The Hall–Kier alpha value is -2.42. The molecule has 0 atom stereocenters. The zero-order valence-electron chi connectivity index (χ0n) is 10.6. The summed E-state index contributed by atoms with van der Waals surface area (Å²) in [4.78, 5) is 0. The first-order valence-electron chi connectivity index (χ1n) is 6.19. The highest BCUT2D eigenvalue weighted by Crippen LogP contribution is 2.32. The van der Waals surface area contributed by atoms with Crippen LogP contribution in [0.5, 0.6) is 11.5 Å². The van der Waals surface area contributed by atoms with Crippen LogP contribution in [0.4, 0.5) is 0 Å². The molecule has 3 heteroatoms. The van der Waals surface area contributed by atoms with Gasteiger partial charge in [0.05, 0.1) is 0 Å². The molecule has 0 amide bonds. The summed E-state index contributed by atoms with van der Waals surface area (Å²) in [5.41, 5.74) is 3.16. The number of ether oxygens (including phenoxy) is 2. The Bertz CT molecular complexity index is 593. The Morgan fingerprint density at radius 3 is 2.68 bits per heavy atom. The molecular formula is C16H15NO2. The number of benzene rings is 2. The van der Waals surface area contributed by atoms with E-state index in [4.69, 9.17) is 9.47 Å². The molecule has 3 rings (SSSR count). The average Bonchev–Trinajstić information content (AvgIpc) is 2.93. The molecule has 1 N–H and O–H groups in total. The highest BCUT2D eigenvalue weighted by molar-refractivity contribution is 5.61. The van der Waals surface area contributed by atoms with Crippen molar-refractivity contribution in [3.05, 3.63) is 66.2 Å². The Labute approximate surface area is 112 Å². The molecule has 3 nitrogen and oxygen atoms in total. The first-order chi connectivity index (χ1) is 9.33. The zero-order valence-corrected chi connectivity index (χ0v) is 10.6. The van der Waals surface area contributed by atoms with Crippen molar-refractivity contribution in [2.75, 3.05) is 6.79 Å². The third kappa shape index (κ3) is 2.55. The standard InChI is InChI=1S/C16H15NO2/c1-12(14-5-3-2-4-6-14)17-10-13-7-8-15-16(9-13)19-11-18-15/h2-9,17H,1,10-11H2. The quantitative estimate of drug-likeness (QED) is 0.907. The van der Waals surface area contributed by atoms with E-state index in [0.717, 1.165) is 28.3 Å². The van der Waals surface area contributed by atoms with E-state index in [9.17, 15) is 0 Å². The average molecular weight is 253 g/mol. The highest BCUT2D eigenvalue weighted by Gasteiger charge is 2.12. The Kier molecular flexibility index (Phi) is 3.11. The van der Waals surface area contributed by atoms with Gasteiger partial charge in [0.2, 0.25) is 6.79 Å². The Balaban J connectivity index is 1.65. The van der Waals surface area contributed by atoms with E-state index in [1.165, 1.54) is 0 Å². The third-order valence-electron chi connectivity index (χ3n) is 3.07. The summed E-state index contributed by atoms with van der Waals surface area (Å²) in [5, 5.41) is 3.32. The molecule has 1 heterocycles. The van der Waals surface area contributed by atoms with Gasteiger partial charge in [-0.1, -0.05) is 43.0 Å². The molecule has 1 aliphatic rings. The highest BCUT2D eigenvalue weighted by atomic mass is 16.7. The summed E-state index contributed by atoms with van der Waals surface area (Å²) in [7, 11) is 0. The largest absolute Gasteiger partial charge is 0.454 e. The minimum absolute atomic E-state index is 0.308. The molecule has 0 aliphatic carbocycles. The lowest BCUT2D eigenvalue weighted by molar-refractivity contribution is 0.174. The molecule has 0 spiro atoms. The molecule has 2 aromatic carbocycles. The topological polar surface area (TPSA) is 30.5 Å². The number of rotatable bonds is 4. The number of hydrogen-bond acceptors (Lipinski definition) is 3. The summed E-state index contributed by atoms with van der Waals surface area (Å²) >= 11 is 0. The van der Waals surface area contributed by atoms with E-state index < -0.39 is 0 Å². The molecule has 96 valence electrons. The zero-order chi connectivity index (χ0) is 13.1. The SMILES string of the molecule is C=C(NCc1ccc2c(c1)OCO2)c1ccccc1. The maximum atomic E-state index is 5.36. The lowest BCUT2D eigenvalue weighted by atomic mass is 10.1. The van der Waals surface area contributed by atoms with Crippen LogP contribution in [-0.4, -0.2) is 6.79 Å². The number of nitrogens with one attached hydrogen (secondary N) is 1. The van der Waals surface area contributed by atoms with E-state index in [1.54, 1.807) is 0 Å². The first-order valence-corrected chi connectivity index (χ1v) is 6.19. The second-order valence-electron chi connectivity index (χ2n) is 4.39. The van der Waals surface area contributed by atoms with Crippen molar-refractivity contribution < 1.29 is 9.47 Å². The van der Waals surface area contributed by atoms with Gasteiger partial charge in [0, 0.05) is 12.2 Å². The van der Waals surface area contributed by atoms with Crippen LogP contribution < -0.4 is 14.8 Å². The molecular weight excluding hydrogens is 238 g/mol. The minimum Gasteiger partial charge on any atom is -0.454 e. The van der Waals surface area contributed by atoms with Crippen molar-refractivity contribution in [3.63, 3.8) is 0 Å². The summed E-state index contributed by atoms with van der Waals surface area (Å²) in [6.45, 7) is 5.07. The molecule has 0 aromatic heterocycles. The predicted octanol–water partition coefficient (Wildman–Crippen LogP) is 3.18. The van der Waals surface area contributed by atoms with Gasteiger partial charge in [-0.15, -0.1) is 0 Å². The van der Waals surface area contributed by atoms with Gasteiger partial charge in [-0.25, -0.2) is 0 Å². The van der Waals surface area contributed by atoms with Gasteiger partial charge in [0.1, 0.15) is 0 Å². The van der Waals surface area contributed by atoms with Crippen LogP contribution in [0.25, 0.3) is 5.70 Å². The second kappa shape index (κ2) is 5.06. The fourth-order valence-electron chi connectivity index (χ4n) is 2.00. The van der Waals surface area contributed by atoms with Gasteiger partial charge >= 0.3 is 0 Å². The molecule has 0 bridgehead atoms. The van der Waals surface area contributed by atoms with Crippen LogP contribution in [0, 0.1) is 0 Å². The lowest BCUT2D eigenvalue weighted by Crippen LogP contribution is -2.10. The van der Waals surface area contributed by atoms with Crippen molar-refractivity contribution in [3.8, 4) is 11.5 Å². The van der Waals surface area contributed by atoms with Crippen LogP contribution in [0.1, 0.15) is 11.1 Å². The van der Waals surface area contributed by atoms with Gasteiger partial charge in [0.15, 0.2) is 11.5 Å². The molecule has 0 saturated carbocycles. The van der Waals surface area contributed by atoms with E-state index in [0.29, 0.717) is 13.3 Å². The van der Waals surface area contributed by atoms with Crippen molar-refractivity contribution in [2.45, 2.75) is 6.54 Å². The minimum atomic E-state index is 0.308. The van der Waals surface area contributed by atoms with Gasteiger partial charge < -0.3 is 14.8 Å². The van der Waals surface area contributed by atoms with Crippen LogP contribution in [0.2, 0.25) is 0 Å². The molecule has 19 heavy (non-hydrogen) atoms.